The molecule has 1 amide bonds. The Morgan fingerprint density at radius 2 is 1.88 bits per heavy atom. The molecule has 0 fully saturated rings. The van der Waals surface area contributed by atoms with Gasteiger partial charge in [-0.05, 0) is 47.0 Å². The van der Waals surface area contributed by atoms with Crippen molar-refractivity contribution in [2.75, 3.05) is 0 Å². The number of nitrogens with one attached hydrogen (secondary N) is 1. The molecule has 3 heterocycles. The fraction of sp³-hybridized carbons (Fsp3) is 0.148. The molecular weight excluding hydrogens is 428 g/mol. The molecule has 6 heteroatoms. The standard InChI is InChI=1S/C27H22N4OS/c32-27(29-22-13-12-19-9-4-5-10-20(19)22)25-24-21(23-11-6-16-33-23)14-15-28-26(24)31(30-25)17-18-7-2-1-3-8-18/h1-11,14-16,22H,12-13,17H2,(H,29,32). The molecule has 0 spiro atoms. The van der Waals surface area contributed by atoms with Crippen LogP contribution in [-0.4, -0.2) is 20.7 Å². The van der Waals surface area contributed by atoms with Gasteiger partial charge in [0.2, 0.25) is 0 Å². The quantitative estimate of drug-likeness (QED) is 0.378. The van der Waals surface area contributed by atoms with Crippen molar-refractivity contribution in [1.82, 2.24) is 20.1 Å². The highest BCUT2D eigenvalue weighted by molar-refractivity contribution is 7.13. The largest absolute Gasteiger partial charge is 0.344 e. The number of rotatable bonds is 5. The summed E-state index contributed by atoms with van der Waals surface area (Å²) in [7, 11) is 0. The summed E-state index contributed by atoms with van der Waals surface area (Å²) in [5.41, 5.74) is 5.77. The lowest BCUT2D eigenvalue weighted by Gasteiger charge is -2.13. The van der Waals surface area contributed by atoms with E-state index in [-0.39, 0.29) is 11.9 Å². The van der Waals surface area contributed by atoms with Gasteiger partial charge in [0.25, 0.3) is 5.91 Å². The number of benzene rings is 2. The number of pyridine rings is 1. The predicted octanol–water partition coefficient (Wildman–Crippen LogP) is 5.63. The van der Waals surface area contributed by atoms with Crippen LogP contribution in [0.1, 0.15) is 39.6 Å². The van der Waals surface area contributed by atoms with Gasteiger partial charge in [0.1, 0.15) is 0 Å². The molecule has 33 heavy (non-hydrogen) atoms. The predicted molar refractivity (Wildman–Crippen MR) is 131 cm³/mol. The maximum absolute atomic E-state index is 13.6. The lowest BCUT2D eigenvalue weighted by molar-refractivity contribution is 0.0932. The van der Waals surface area contributed by atoms with Gasteiger partial charge >= 0.3 is 0 Å². The number of nitrogens with zero attached hydrogens (tertiary/aromatic N) is 3. The van der Waals surface area contributed by atoms with Crippen molar-refractivity contribution in [1.29, 1.82) is 0 Å². The van der Waals surface area contributed by atoms with Crippen LogP contribution in [0.15, 0.2) is 84.4 Å². The monoisotopic (exact) mass is 450 g/mol. The minimum Gasteiger partial charge on any atom is -0.344 e. The van der Waals surface area contributed by atoms with Crippen molar-refractivity contribution in [3.8, 4) is 10.4 Å². The van der Waals surface area contributed by atoms with Gasteiger partial charge in [-0.3, -0.25) is 4.79 Å². The highest BCUT2D eigenvalue weighted by Gasteiger charge is 2.27. The van der Waals surface area contributed by atoms with E-state index in [9.17, 15) is 4.79 Å². The summed E-state index contributed by atoms with van der Waals surface area (Å²) >= 11 is 1.65. The fourth-order valence-corrected chi connectivity index (χ4v) is 5.45. The van der Waals surface area contributed by atoms with Gasteiger partial charge in [-0.15, -0.1) is 11.3 Å². The Bertz CT molecular complexity index is 1440. The van der Waals surface area contributed by atoms with Gasteiger partial charge in [-0.1, -0.05) is 60.7 Å². The highest BCUT2D eigenvalue weighted by Crippen LogP contribution is 2.35. The van der Waals surface area contributed by atoms with Crippen molar-refractivity contribution in [2.24, 2.45) is 0 Å². The number of thiophene rings is 1. The molecule has 1 unspecified atom stereocenters. The van der Waals surface area contributed by atoms with E-state index < -0.39 is 0 Å². The molecular formula is C27H22N4OS. The van der Waals surface area contributed by atoms with Gasteiger partial charge in [-0.25, -0.2) is 9.67 Å². The molecule has 0 bridgehead atoms. The molecule has 0 radical (unpaired) electrons. The summed E-state index contributed by atoms with van der Waals surface area (Å²) in [5, 5.41) is 10.9. The number of carbonyl (C=O) groups excluding carboxylic acids is 1. The van der Waals surface area contributed by atoms with Crippen LogP contribution in [0.4, 0.5) is 0 Å². The van der Waals surface area contributed by atoms with Gasteiger partial charge in [0.15, 0.2) is 11.3 Å². The molecule has 1 atom stereocenters. The lowest BCUT2D eigenvalue weighted by atomic mass is 10.1. The van der Waals surface area contributed by atoms with Crippen molar-refractivity contribution in [3.05, 3.63) is 107 Å². The van der Waals surface area contributed by atoms with Gasteiger partial charge in [-0.2, -0.15) is 5.10 Å². The number of aromatic nitrogens is 3. The first-order chi connectivity index (χ1) is 16.3. The number of aryl methyl sites for hydroxylation is 1. The van der Waals surface area contributed by atoms with Crippen molar-refractivity contribution in [2.45, 2.75) is 25.4 Å². The third-order valence-corrected chi connectivity index (χ3v) is 7.15. The average Bonchev–Trinajstić information content (AvgIpc) is 3.60. The summed E-state index contributed by atoms with van der Waals surface area (Å²) in [6, 6.07) is 24.6. The molecule has 0 aliphatic heterocycles. The van der Waals surface area contributed by atoms with E-state index in [1.54, 1.807) is 17.5 Å². The highest BCUT2D eigenvalue weighted by atomic mass is 32.1. The molecule has 6 rings (SSSR count). The second-order valence-corrected chi connectivity index (χ2v) is 9.24. The lowest BCUT2D eigenvalue weighted by Crippen LogP contribution is -2.27. The molecule has 1 N–H and O–H groups in total. The SMILES string of the molecule is O=C(NC1CCc2ccccc21)c1nn(Cc2ccccc2)c2nccc(-c3cccs3)c12. The van der Waals surface area contributed by atoms with Crippen LogP contribution in [0.5, 0.6) is 0 Å². The first-order valence-electron chi connectivity index (χ1n) is 11.1. The number of hydrogen-bond acceptors (Lipinski definition) is 4. The smallest absolute Gasteiger partial charge is 0.273 e. The average molecular weight is 451 g/mol. The topological polar surface area (TPSA) is 59.8 Å². The van der Waals surface area contributed by atoms with E-state index in [0.717, 1.165) is 39.9 Å². The van der Waals surface area contributed by atoms with E-state index in [2.05, 4.69) is 46.7 Å². The Morgan fingerprint density at radius 1 is 1.03 bits per heavy atom. The van der Waals surface area contributed by atoms with Crippen molar-refractivity contribution >= 4 is 28.3 Å². The van der Waals surface area contributed by atoms with Crippen LogP contribution in [0, 0.1) is 0 Å². The Balaban J connectivity index is 1.44. The third-order valence-electron chi connectivity index (χ3n) is 6.25. The van der Waals surface area contributed by atoms with E-state index in [4.69, 9.17) is 5.10 Å². The molecule has 3 aromatic heterocycles. The Kier molecular flexibility index (Phi) is 5.00. The van der Waals surface area contributed by atoms with Gasteiger partial charge in [0.05, 0.1) is 18.0 Å². The van der Waals surface area contributed by atoms with Crippen molar-refractivity contribution in [3.63, 3.8) is 0 Å². The molecule has 0 saturated carbocycles. The zero-order chi connectivity index (χ0) is 22.2. The zero-order valence-electron chi connectivity index (χ0n) is 17.9. The molecule has 162 valence electrons. The van der Waals surface area contributed by atoms with Crippen LogP contribution in [0.25, 0.3) is 21.5 Å². The first-order valence-corrected chi connectivity index (χ1v) is 12.0. The maximum Gasteiger partial charge on any atom is 0.273 e. The normalized spacial score (nSPS) is 15.0. The van der Waals surface area contributed by atoms with Crippen molar-refractivity contribution < 1.29 is 4.79 Å². The summed E-state index contributed by atoms with van der Waals surface area (Å²) in [6.07, 6.45) is 3.69. The van der Waals surface area contributed by atoms with E-state index in [1.165, 1.54) is 11.1 Å². The second kappa shape index (κ2) is 8.30. The maximum atomic E-state index is 13.6. The Hall–Kier alpha value is -3.77. The number of amides is 1. The summed E-state index contributed by atoms with van der Waals surface area (Å²) in [6.45, 7) is 0.553. The zero-order valence-corrected chi connectivity index (χ0v) is 18.8. The second-order valence-electron chi connectivity index (χ2n) is 8.29. The molecule has 1 aliphatic rings. The van der Waals surface area contributed by atoms with Crippen LogP contribution in [-0.2, 0) is 13.0 Å². The van der Waals surface area contributed by atoms with Crippen LogP contribution in [0.2, 0.25) is 0 Å². The number of carbonyl (C=O) groups is 1. The molecule has 0 saturated heterocycles. The first kappa shape index (κ1) is 19.9. The molecule has 2 aromatic carbocycles. The van der Waals surface area contributed by atoms with Crippen LogP contribution >= 0.6 is 11.3 Å². The molecule has 5 nitrogen and oxygen atoms in total. The number of hydrogen-bond donors (Lipinski definition) is 1. The van der Waals surface area contributed by atoms with Crippen LogP contribution < -0.4 is 5.32 Å². The number of fused-ring (bicyclic) bond motifs is 2. The summed E-state index contributed by atoms with van der Waals surface area (Å²) in [5.74, 6) is -0.153. The molecule has 1 aliphatic carbocycles. The Labute approximate surface area is 195 Å². The van der Waals surface area contributed by atoms with E-state index >= 15 is 0 Å². The molecule has 5 aromatic rings. The summed E-state index contributed by atoms with van der Waals surface area (Å²) in [4.78, 5) is 19.3. The fourth-order valence-electron chi connectivity index (χ4n) is 4.69. The third kappa shape index (κ3) is 3.62. The summed E-state index contributed by atoms with van der Waals surface area (Å²) < 4.78 is 1.85. The van der Waals surface area contributed by atoms with Crippen LogP contribution in [0.3, 0.4) is 0 Å². The van der Waals surface area contributed by atoms with E-state index in [1.807, 2.05) is 46.5 Å². The Morgan fingerprint density at radius 3 is 2.73 bits per heavy atom. The van der Waals surface area contributed by atoms with E-state index in [0.29, 0.717) is 12.2 Å². The van der Waals surface area contributed by atoms with Gasteiger partial charge < -0.3 is 5.32 Å². The van der Waals surface area contributed by atoms with Gasteiger partial charge in [0, 0.05) is 16.6 Å². The minimum absolute atomic E-state index is 0.00452. The minimum atomic E-state index is -0.153.